The van der Waals surface area contributed by atoms with Gasteiger partial charge in [-0.05, 0) is 63.1 Å². The molecular formula is C24H32N4. The summed E-state index contributed by atoms with van der Waals surface area (Å²) < 4.78 is 2.40. The van der Waals surface area contributed by atoms with Crippen molar-refractivity contribution in [2.75, 3.05) is 26.2 Å². The van der Waals surface area contributed by atoms with Crippen LogP contribution in [0.2, 0.25) is 0 Å². The molecule has 0 unspecified atom stereocenters. The number of nitrogens with one attached hydrogen (secondary N) is 1. The maximum Gasteiger partial charge on any atom is 0.141 e. The molecule has 0 amide bonds. The van der Waals surface area contributed by atoms with Crippen LogP contribution >= 0.6 is 0 Å². The monoisotopic (exact) mass is 376 g/mol. The molecule has 4 heteroatoms. The summed E-state index contributed by atoms with van der Waals surface area (Å²) in [4.78, 5) is 7.47. The first-order valence-corrected chi connectivity index (χ1v) is 10.8. The molecule has 1 aliphatic rings. The van der Waals surface area contributed by atoms with E-state index in [1.165, 1.54) is 29.5 Å². The number of rotatable bonds is 8. The number of fused-ring (bicyclic) bond motifs is 1. The number of aromatic nitrogens is 2. The van der Waals surface area contributed by atoms with Crippen LogP contribution in [0.4, 0.5) is 0 Å². The van der Waals surface area contributed by atoms with Gasteiger partial charge in [0.15, 0.2) is 0 Å². The summed E-state index contributed by atoms with van der Waals surface area (Å²) >= 11 is 0. The molecule has 0 spiro atoms. The molecular weight excluding hydrogens is 344 g/mol. The first-order chi connectivity index (χ1) is 13.8. The molecule has 4 rings (SSSR count). The topological polar surface area (TPSA) is 33.1 Å². The van der Waals surface area contributed by atoms with Gasteiger partial charge in [-0.3, -0.25) is 0 Å². The number of hydrogen-bond acceptors (Lipinski definition) is 3. The fourth-order valence-electron chi connectivity index (χ4n) is 4.35. The summed E-state index contributed by atoms with van der Waals surface area (Å²) in [5.41, 5.74) is 4.92. The Balaban J connectivity index is 1.60. The Bertz CT molecular complexity index is 887. The summed E-state index contributed by atoms with van der Waals surface area (Å²) in [6.07, 6.45) is 3.65. The molecule has 2 heterocycles. The quantitative estimate of drug-likeness (QED) is 0.609. The van der Waals surface area contributed by atoms with E-state index in [2.05, 4.69) is 77.2 Å². The summed E-state index contributed by atoms with van der Waals surface area (Å²) in [5.74, 6) is 1.09. The van der Waals surface area contributed by atoms with E-state index in [1.54, 1.807) is 0 Å². The van der Waals surface area contributed by atoms with Crippen LogP contribution in [0.1, 0.15) is 44.7 Å². The molecule has 1 aliphatic heterocycles. The zero-order valence-corrected chi connectivity index (χ0v) is 17.2. The van der Waals surface area contributed by atoms with Crippen LogP contribution < -0.4 is 5.32 Å². The van der Waals surface area contributed by atoms with Crippen LogP contribution in [0.3, 0.4) is 0 Å². The molecule has 0 aliphatic carbocycles. The normalized spacial score (nSPS) is 17.0. The molecule has 0 radical (unpaired) electrons. The van der Waals surface area contributed by atoms with Crippen LogP contribution in [-0.2, 0) is 6.54 Å². The van der Waals surface area contributed by atoms with E-state index in [0.717, 1.165) is 50.5 Å². The second kappa shape index (κ2) is 8.89. The Labute approximate surface area is 168 Å². The molecule has 1 aromatic heterocycles. The highest BCUT2D eigenvalue weighted by Gasteiger charge is 2.17. The first kappa shape index (κ1) is 19.2. The maximum atomic E-state index is 4.98. The van der Waals surface area contributed by atoms with Crippen molar-refractivity contribution in [2.24, 2.45) is 0 Å². The van der Waals surface area contributed by atoms with E-state index in [9.17, 15) is 0 Å². The van der Waals surface area contributed by atoms with E-state index in [1.807, 2.05) is 0 Å². The number of hydrogen-bond donors (Lipinski definition) is 1. The minimum absolute atomic E-state index is 0.516. The standard InChI is InChI=1S/C24H32N4/c1-3-27(4-2)17-8-18-28-23-11-6-5-9-22(23)26-24(28)20-14-12-19(13-15-20)21-10-7-16-25-21/h5-6,9,11-15,21,25H,3-4,7-8,10,16-18H2,1-2H3/t21-/m0/s1. The second-order valence-electron chi connectivity index (χ2n) is 7.73. The minimum atomic E-state index is 0.516. The van der Waals surface area contributed by atoms with Crippen LogP contribution in [-0.4, -0.2) is 40.6 Å². The van der Waals surface area contributed by atoms with Gasteiger partial charge in [0.1, 0.15) is 5.82 Å². The number of aryl methyl sites for hydroxylation is 1. The summed E-state index contributed by atoms with van der Waals surface area (Å²) in [6.45, 7) is 9.97. The fourth-order valence-corrected chi connectivity index (χ4v) is 4.35. The van der Waals surface area contributed by atoms with Crippen molar-refractivity contribution in [1.82, 2.24) is 19.8 Å². The second-order valence-corrected chi connectivity index (χ2v) is 7.73. The van der Waals surface area contributed by atoms with Crippen LogP contribution in [0.5, 0.6) is 0 Å². The lowest BCUT2D eigenvalue weighted by atomic mass is 10.0. The molecule has 1 fully saturated rings. The number of para-hydroxylation sites is 2. The van der Waals surface area contributed by atoms with Crippen molar-refractivity contribution in [3.05, 3.63) is 54.1 Å². The number of benzene rings is 2. The van der Waals surface area contributed by atoms with Crippen molar-refractivity contribution in [3.8, 4) is 11.4 Å². The third-order valence-electron chi connectivity index (χ3n) is 6.04. The van der Waals surface area contributed by atoms with Gasteiger partial charge in [-0.25, -0.2) is 4.98 Å². The fraction of sp³-hybridized carbons (Fsp3) is 0.458. The van der Waals surface area contributed by atoms with Crippen molar-refractivity contribution >= 4 is 11.0 Å². The number of nitrogens with zero attached hydrogens (tertiary/aromatic N) is 3. The molecule has 3 aromatic rings. The predicted octanol–water partition coefficient (Wildman–Crippen LogP) is 4.86. The van der Waals surface area contributed by atoms with Crippen molar-refractivity contribution in [2.45, 2.75) is 45.7 Å². The highest BCUT2D eigenvalue weighted by molar-refractivity contribution is 5.80. The zero-order chi connectivity index (χ0) is 19.3. The van der Waals surface area contributed by atoms with Gasteiger partial charge < -0.3 is 14.8 Å². The van der Waals surface area contributed by atoms with Gasteiger partial charge in [-0.2, -0.15) is 0 Å². The van der Waals surface area contributed by atoms with E-state index >= 15 is 0 Å². The molecule has 0 bridgehead atoms. The van der Waals surface area contributed by atoms with Gasteiger partial charge in [0.25, 0.3) is 0 Å². The molecule has 1 atom stereocenters. The van der Waals surface area contributed by atoms with Gasteiger partial charge in [0, 0.05) is 18.2 Å². The van der Waals surface area contributed by atoms with Crippen molar-refractivity contribution in [1.29, 1.82) is 0 Å². The van der Waals surface area contributed by atoms with Gasteiger partial charge in [0.2, 0.25) is 0 Å². The van der Waals surface area contributed by atoms with Gasteiger partial charge in [-0.15, -0.1) is 0 Å². The Morgan fingerprint density at radius 1 is 1.07 bits per heavy atom. The molecule has 1 saturated heterocycles. The first-order valence-electron chi connectivity index (χ1n) is 10.8. The van der Waals surface area contributed by atoms with Crippen molar-refractivity contribution in [3.63, 3.8) is 0 Å². The largest absolute Gasteiger partial charge is 0.324 e. The van der Waals surface area contributed by atoms with E-state index < -0.39 is 0 Å². The smallest absolute Gasteiger partial charge is 0.141 e. The Morgan fingerprint density at radius 3 is 2.57 bits per heavy atom. The average Bonchev–Trinajstić information content (AvgIpc) is 3.40. The van der Waals surface area contributed by atoms with Crippen molar-refractivity contribution < 1.29 is 0 Å². The summed E-state index contributed by atoms with van der Waals surface area (Å²) in [5, 5.41) is 3.59. The number of imidazole rings is 1. The lowest BCUT2D eigenvalue weighted by Crippen LogP contribution is -2.24. The Kier molecular flexibility index (Phi) is 6.08. The lowest BCUT2D eigenvalue weighted by Gasteiger charge is -2.18. The van der Waals surface area contributed by atoms with Crippen LogP contribution in [0.15, 0.2) is 48.5 Å². The molecule has 2 aromatic carbocycles. The summed E-state index contributed by atoms with van der Waals surface area (Å²) in [7, 11) is 0. The average molecular weight is 377 g/mol. The highest BCUT2D eigenvalue weighted by Crippen LogP contribution is 2.28. The summed E-state index contributed by atoms with van der Waals surface area (Å²) in [6, 6.07) is 18.1. The predicted molar refractivity (Wildman–Crippen MR) is 118 cm³/mol. The Morgan fingerprint density at radius 2 is 1.86 bits per heavy atom. The minimum Gasteiger partial charge on any atom is -0.324 e. The SMILES string of the molecule is CCN(CC)CCCn1c(-c2ccc([C@@H]3CCCN3)cc2)nc2ccccc21. The van der Waals surface area contributed by atoms with Crippen LogP contribution in [0.25, 0.3) is 22.4 Å². The molecule has 148 valence electrons. The Hall–Kier alpha value is -2.17. The van der Waals surface area contributed by atoms with Crippen LogP contribution in [0, 0.1) is 0 Å². The van der Waals surface area contributed by atoms with E-state index in [-0.39, 0.29) is 0 Å². The molecule has 1 N–H and O–H groups in total. The molecule has 4 nitrogen and oxygen atoms in total. The van der Waals surface area contributed by atoms with Gasteiger partial charge in [0.05, 0.1) is 11.0 Å². The molecule has 0 saturated carbocycles. The molecule has 28 heavy (non-hydrogen) atoms. The third-order valence-corrected chi connectivity index (χ3v) is 6.04. The van der Waals surface area contributed by atoms with E-state index in [0.29, 0.717) is 6.04 Å². The highest BCUT2D eigenvalue weighted by atomic mass is 15.1. The lowest BCUT2D eigenvalue weighted by molar-refractivity contribution is 0.294. The zero-order valence-electron chi connectivity index (χ0n) is 17.2. The van der Waals surface area contributed by atoms with E-state index in [4.69, 9.17) is 4.98 Å². The maximum absolute atomic E-state index is 4.98. The van der Waals surface area contributed by atoms with Gasteiger partial charge >= 0.3 is 0 Å². The third kappa shape index (κ3) is 3.98. The van der Waals surface area contributed by atoms with Gasteiger partial charge in [-0.1, -0.05) is 50.2 Å².